The first-order chi connectivity index (χ1) is 13.1. The Kier molecular flexibility index (Phi) is 4.98. The van der Waals surface area contributed by atoms with Crippen LogP contribution in [-0.2, 0) is 9.53 Å². The van der Waals surface area contributed by atoms with Gasteiger partial charge in [-0.1, -0.05) is 12.1 Å². The Labute approximate surface area is 160 Å². The van der Waals surface area contributed by atoms with Gasteiger partial charge in [0, 0.05) is 18.5 Å². The van der Waals surface area contributed by atoms with Gasteiger partial charge in [0.25, 0.3) is 0 Å². The van der Waals surface area contributed by atoms with Crippen LogP contribution in [0.5, 0.6) is 5.75 Å². The lowest BCUT2D eigenvalue weighted by Crippen LogP contribution is -2.54. The number of nitrogens with one attached hydrogen (secondary N) is 1. The third-order valence-electron chi connectivity index (χ3n) is 6.60. The van der Waals surface area contributed by atoms with Crippen LogP contribution in [0.15, 0.2) is 24.3 Å². The predicted molar refractivity (Wildman–Crippen MR) is 102 cm³/mol. The second-order valence-electron chi connectivity index (χ2n) is 7.97. The number of amides is 2. The van der Waals surface area contributed by atoms with E-state index in [2.05, 4.69) is 10.2 Å². The molecule has 4 rings (SSSR count). The van der Waals surface area contributed by atoms with Gasteiger partial charge in [-0.15, -0.1) is 0 Å². The van der Waals surface area contributed by atoms with Crippen molar-refractivity contribution >= 4 is 17.7 Å². The largest absolute Gasteiger partial charge is 0.495 e. The number of carbonyl (C=O) groups is 2. The molecule has 1 aliphatic carbocycles. The average Bonchev–Trinajstić information content (AvgIpc) is 3.04. The fraction of sp³-hybridized carbons (Fsp3) is 0.619. The zero-order valence-electron chi connectivity index (χ0n) is 15.9. The Morgan fingerprint density at radius 3 is 2.93 bits per heavy atom. The number of para-hydroxylation sites is 2. The average molecular weight is 372 g/mol. The second kappa shape index (κ2) is 7.41. The molecule has 1 spiro atoms. The van der Waals surface area contributed by atoms with Crippen molar-refractivity contribution in [3.05, 3.63) is 24.3 Å². The van der Waals surface area contributed by atoms with Gasteiger partial charge in [-0.05, 0) is 63.0 Å². The number of rotatable bonds is 3. The highest BCUT2D eigenvalue weighted by atomic mass is 16.6. The molecule has 2 saturated heterocycles. The minimum Gasteiger partial charge on any atom is -0.495 e. The van der Waals surface area contributed by atoms with Gasteiger partial charge >= 0.3 is 6.09 Å². The van der Waals surface area contributed by atoms with Crippen molar-refractivity contribution in [1.82, 2.24) is 4.90 Å². The minimum absolute atomic E-state index is 0.0204. The van der Waals surface area contributed by atoms with E-state index in [1.807, 2.05) is 12.1 Å². The Balaban J connectivity index is 1.41. The lowest BCUT2D eigenvalue weighted by atomic mass is 9.69. The predicted octanol–water partition coefficient (Wildman–Crippen LogP) is 3.96. The van der Waals surface area contributed by atoms with Crippen LogP contribution < -0.4 is 10.1 Å². The van der Waals surface area contributed by atoms with Gasteiger partial charge < -0.3 is 14.4 Å². The first-order valence-corrected chi connectivity index (χ1v) is 10.0. The quantitative estimate of drug-likeness (QED) is 0.872. The number of methoxy groups -OCH3 is 1. The molecule has 1 aromatic rings. The van der Waals surface area contributed by atoms with E-state index in [-0.39, 0.29) is 11.6 Å². The van der Waals surface area contributed by atoms with Gasteiger partial charge in [-0.3, -0.25) is 10.1 Å². The van der Waals surface area contributed by atoms with Crippen LogP contribution >= 0.6 is 0 Å². The normalized spacial score (nSPS) is 30.1. The molecule has 0 bridgehead atoms. The molecule has 3 aliphatic rings. The maximum atomic E-state index is 12.5. The Hall–Kier alpha value is -2.24. The van der Waals surface area contributed by atoms with Gasteiger partial charge in [-0.25, -0.2) is 4.79 Å². The van der Waals surface area contributed by atoms with E-state index in [9.17, 15) is 9.59 Å². The first-order valence-electron chi connectivity index (χ1n) is 10.0. The lowest BCUT2D eigenvalue weighted by Gasteiger charge is -2.48. The van der Waals surface area contributed by atoms with E-state index in [1.165, 1.54) is 0 Å². The number of nitrogens with zero attached hydrogens (tertiary/aromatic N) is 1. The molecule has 0 aromatic heterocycles. The molecule has 6 heteroatoms. The minimum atomic E-state index is -0.437. The molecular formula is C21H28N2O4. The molecule has 27 heavy (non-hydrogen) atoms. The van der Waals surface area contributed by atoms with E-state index < -0.39 is 6.09 Å². The van der Waals surface area contributed by atoms with Gasteiger partial charge in [-0.2, -0.15) is 0 Å². The maximum absolute atomic E-state index is 12.5. The van der Waals surface area contributed by atoms with Gasteiger partial charge in [0.2, 0.25) is 5.91 Å². The molecule has 146 valence electrons. The van der Waals surface area contributed by atoms with Crippen LogP contribution in [0.3, 0.4) is 0 Å². The van der Waals surface area contributed by atoms with Gasteiger partial charge in [0.1, 0.15) is 11.9 Å². The number of ether oxygens (including phenoxy) is 2. The summed E-state index contributed by atoms with van der Waals surface area (Å²) in [4.78, 5) is 27.1. The first kappa shape index (κ1) is 18.1. The van der Waals surface area contributed by atoms with E-state index >= 15 is 0 Å². The summed E-state index contributed by atoms with van der Waals surface area (Å²) >= 11 is 0. The topological polar surface area (TPSA) is 67.9 Å². The molecule has 6 nitrogen and oxygen atoms in total. The molecule has 1 saturated carbocycles. The van der Waals surface area contributed by atoms with Gasteiger partial charge in [0.05, 0.1) is 12.8 Å². The summed E-state index contributed by atoms with van der Waals surface area (Å²) in [6, 6.07) is 7.30. The third kappa shape index (κ3) is 3.37. The summed E-state index contributed by atoms with van der Waals surface area (Å²) in [5, 5.41) is 2.79. The SMILES string of the molecule is COc1ccccc1NC(=O)O[C@@H]1CC[C@@]23CCCN2C(=O)CCC[C@H]3C1. The van der Waals surface area contributed by atoms with Gasteiger partial charge in [0.15, 0.2) is 0 Å². The molecule has 3 fully saturated rings. The monoisotopic (exact) mass is 372 g/mol. The Morgan fingerprint density at radius 1 is 1.22 bits per heavy atom. The highest BCUT2D eigenvalue weighted by Gasteiger charge is 2.52. The maximum Gasteiger partial charge on any atom is 0.412 e. The van der Waals surface area contributed by atoms with Crippen LogP contribution in [0, 0.1) is 5.92 Å². The van der Waals surface area contributed by atoms with Crippen molar-refractivity contribution in [3.63, 3.8) is 0 Å². The van der Waals surface area contributed by atoms with Crippen LogP contribution in [-0.4, -0.2) is 42.2 Å². The second-order valence-corrected chi connectivity index (χ2v) is 7.97. The summed E-state index contributed by atoms with van der Waals surface area (Å²) in [6.45, 7) is 0.898. The molecule has 0 radical (unpaired) electrons. The number of benzene rings is 1. The smallest absolute Gasteiger partial charge is 0.412 e. The number of hydrogen-bond donors (Lipinski definition) is 1. The standard InChI is InChI=1S/C21H28N2O4/c1-26-18-8-3-2-7-17(18)22-20(25)27-16-10-12-21-11-5-13-23(21)19(24)9-4-6-15(21)14-16/h2-3,7-8,15-16H,4-6,9-14H2,1H3,(H,22,25)/t15-,16+,21+/m0/s1. The van der Waals surface area contributed by atoms with Crippen molar-refractivity contribution in [2.75, 3.05) is 19.0 Å². The number of hydrogen-bond acceptors (Lipinski definition) is 4. The van der Waals surface area contributed by atoms with E-state index in [0.717, 1.165) is 51.5 Å². The van der Waals surface area contributed by atoms with Crippen molar-refractivity contribution in [2.45, 2.75) is 63.0 Å². The molecule has 0 unspecified atom stereocenters. The summed E-state index contributed by atoms with van der Waals surface area (Å²) < 4.78 is 11.0. The van der Waals surface area contributed by atoms with Crippen LogP contribution in [0.4, 0.5) is 10.5 Å². The zero-order chi connectivity index (χ0) is 18.9. The number of carbonyl (C=O) groups excluding carboxylic acids is 2. The Bertz CT molecular complexity index is 722. The van der Waals surface area contributed by atoms with Crippen LogP contribution in [0.1, 0.15) is 51.4 Å². The Morgan fingerprint density at radius 2 is 2.07 bits per heavy atom. The van der Waals surface area contributed by atoms with Crippen molar-refractivity contribution in [3.8, 4) is 5.75 Å². The molecule has 2 aliphatic heterocycles. The molecule has 3 atom stereocenters. The van der Waals surface area contributed by atoms with E-state index in [1.54, 1.807) is 19.2 Å². The molecular weight excluding hydrogens is 344 g/mol. The molecule has 1 N–H and O–H groups in total. The summed E-state index contributed by atoms with van der Waals surface area (Å²) in [6.07, 6.45) is 6.94. The third-order valence-corrected chi connectivity index (χ3v) is 6.60. The summed E-state index contributed by atoms with van der Waals surface area (Å²) in [5.41, 5.74) is 0.631. The lowest BCUT2D eigenvalue weighted by molar-refractivity contribution is -0.138. The van der Waals surface area contributed by atoms with Crippen molar-refractivity contribution in [1.29, 1.82) is 0 Å². The highest BCUT2D eigenvalue weighted by molar-refractivity contribution is 5.86. The zero-order valence-corrected chi connectivity index (χ0v) is 15.9. The summed E-state index contributed by atoms with van der Waals surface area (Å²) in [7, 11) is 1.58. The molecule has 1 aromatic carbocycles. The summed E-state index contributed by atoms with van der Waals surface area (Å²) in [5.74, 6) is 1.37. The highest BCUT2D eigenvalue weighted by Crippen LogP contribution is 2.49. The van der Waals surface area contributed by atoms with Crippen molar-refractivity contribution in [2.24, 2.45) is 5.92 Å². The molecule has 2 amide bonds. The van der Waals surface area contributed by atoms with E-state index in [0.29, 0.717) is 29.7 Å². The fourth-order valence-electron chi connectivity index (χ4n) is 5.39. The molecule has 2 heterocycles. The van der Waals surface area contributed by atoms with Crippen molar-refractivity contribution < 1.29 is 19.1 Å². The van der Waals surface area contributed by atoms with E-state index in [4.69, 9.17) is 9.47 Å². The van der Waals surface area contributed by atoms with Crippen LogP contribution in [0.2, 0.25) is 0 Å². The van der Waals surface area contributed by atoms with Crippen LogP contribution in [0.25, 0.3) is 0 Å². The number of anilines is 1. The fourth-order valence-corrected chi connectivity index (χ4v) is 5.39.